The normalized spacial score (nSPS) is 16.0. The molecule has 3 rings (SSSR count). The molecule has 0 bridgehead atoms. The molecule has 0 radical (unpaired) electrons. The van der Waals surface area contributed by atoms with Crippen LogP contribution < -0.4 is 5.32 Å². The number of anilines is 1. The van der Waals surface area contributed by atoms with E-state index >= 15 is 0 Å². The van der Waals surface area contributed by atoms with Crippen LogP contribution in [0.1, 0.15) is 37.4 Å². The van der Waals surface area contributed by atoms with Crippen molar-refractivity contribution in [1.29, 1.82) is 0 Å². The van der Waals surface area contributed by atoms with E-state index in [9.17, 15) is 14.4 Å². The molecule has 0 aliphatic carbocycles. The second kappa shape index (κ2) is 8.92. The standard InChI is InChI=1S/C22H21ClN2O4/c1-14(22(28)24-19-10-6-5-9-18(19)23)29-21(27)13-20-17-8-4-3-7-16(17)11-12-25(20)15(2)26/h3-12,14,20H,13H2,1-2H3,(H,24,28)/t14-,20+/m0/s1. The second-order valence-corrected chi connectivity index (χ2v) is 7.10. The van der Waals surface area contributed by atoms with E-state index in [-0.39, 0.29) is 12.3 Å². The molecule has 1 heterocycles. The first-order valence-corrected chi connectivity index (χ1v) is 9.55. The Morgan fingerprint density at radius 2 is 1.83 bits per heavy atom. The number of amides is 2. The van der Waals surface area contributed by atoms with Crippen LogP contribution >= 0.6 is 11.6 Å². The molecule has 2 aromatic carbocycles. The van der Waals surface area contributed by atoms with E-state index in [0.717, 1.165) is 11.1 Å². The van der Waals surface area contributed by atoms with Crippen LogP contribution in [-0.4, -0.2) is 28.8 Å². The minimum Gasteiger partial charge on any atom is -0.452 e. The summed E-state index contributed by atoms with van der Waals surface area (Å²) in [5, 5.41) is 3.03. The molecule has 2 aromatic rings. The van der Waals surface area contributed by atoms with Crippen molar-refractivity contribution in [2.24, 2.45) is 0 Å². The summed E-state index contributed by atoms with van der Waals surface area (Å²) in [6.45, 7) is 2.93. The van der Waals surface area contributed by atoms with Gasteiger partial charge >= 0.3 is 5.97 Å². The Bertz CT molecular complexity index is 973. The molecule has 0 spiro atoms. The third-order valence-corrected chi connectivity index (χ3v) is 4.97. The molecule has 0 fully saturated rings. The summed E-state index contributed by atoms with van der Waals surface area (Å²) in [7, 11) is 0. The molecule has 6 nitrogen and oxygen atoms in total. The van der Waals surface area contributed by atoms with Crippen molar-refractivity contribution in [3.63, 3.8) is 0 Å². The van der Waals surface area contributed by atoms with Gasteiger partial charge < -0.3 is 15.0 Å². The van der Waals surface area contributed by atoms with Gasteiger partial charge in [0.15, 0.2) is 6.10 Å². The summed E-state index contributed by atoms with van der Waals surface area (Å²) < 4.78 is 5.31. The number of ether oxygens (including phenoxy) is 1. The molecule has 2 atom stereocenters. The van der Waals surface area contributed by atoms with Crippen molar-refractivity contribution in [3.8, 4) is 0 Å². The Balaban J connectivity index is 1.67. The Morgan fingerprint density at radius 1 is 1.14 bits per heavy atom. The molecule has 0 saturated carbocycles. The third-order valence-electron chi connectivity index (χ3n) is 4.64. The van der Waals surface area contributed by atoms with Gasteiger partial charge in [0.25, 0.3) is 5.91 Å². The highest BCUT2D eigenvalue weighted by molar-refractivity contribution is 6.33. The predicted molar refractivity (Wildman–Crippen MR) is 111 cm³/mol. The van der Waals surface area contributed by atoms with Crippen molar-refractivity contribution >= 4 is 41.1 Å². The lowest BCUT2D eigenvalue weighted by atomic mass is 9.94. The van der Waals surface area contributed by atoms with Gasteiger partial charge in [-0.3, -0.25) is 14.4 Å². The van der Waals surface area contributed by atoms with Crippen molar-refractivity contribution < 1.29 is 19.1 Å². The van der Waals surface area contributed by atoms with Gasteiger partial charge in [0.1, 0.15) is 0 Å². The highest BCUT2D eigenvalue weighted by atomic mass is 35.5. The third kappa shape index (κ3) is 4.84. The Labute approximate surface area is 174 Å². The van der Waals surface area contributed by atoms with E-state index in [1.807, 2.05) is 30.3 Å². The van der Waals surface area contributed by atoms with Gasteiger partial charge in [0.05, 0.1) is 23.2 Å². The summed E-state index contributed by atoms with van der Waals surface area (Å²) in [6.07, 6.45) is 2.41. The number of esters is 1. The highest BCUT2D eigenvalue weighted by Gasteiger charge is 2.30. The topological polar surface area (TPSA) is 75.7 Å². The summed E-state index contributed by atoms with van der Waals surface area (Å²) >= 11 is 6.03. The predicted octanol–water partition coefficient (Wildman–Crippen LogP) is 4.17. The number of nitrogens with zero attached hydrogens (tertiary/aromatic N) is 1. The van der Waals surface area contributed by atoms with Gasteiger partial charge in [-0.1, -0.05) is 48.0 Å². The van der Waals surface area contributed by atoms with Crippen LogP contribution in [0, 0.1) is 0 Å². The quantitative estimate of drug-likeness (QED) is 0.747. The van der Waals surface area contributed by atoms with Crippen molar-refractivity contribution in [2.75, 3.05) is 5.32 Å². The highest BCUT2D eigenvalue weighted by Crippen LogP contribution is 2.33. The maximum Gasteiger partial charge on any atom is 0.309 e. The van der Waals surface area contributed by atoms with E-state index in [1.165, 1.54) is 18.7 Å². The molecule has 1 N–H and O–H groups in total. The van der Waals surface area contributed by atoms with Gasteiger partial charge in [0.2, 0.25) is 5.91 Å². The van der Waals surface area contributed by atoms with Crippen LogP contribution in [0.15, 0.2) is 54.7 Å². The van der Waals surface area contributed by atoms with Crippen LogP contribution in [0.5, 0.6) is 0 Å². The SMILES string of the molecule is CC(=O)N1C=Cc2ccccc2[C@H]1CC(=O)O[C@@H](C)C(=O)Nc1ccccc1Cl. The summed E-state index contributed by atoms with van der Waals surface area (Å²) in [6, 6.07) is 13.9. The summed E-state index contributed by atoms with van der Waals surface area (Å²) in [4.78, 5) is 38.4. The Hall–Kier alpha value is -3.12. The molecule has 0 saturated heterocycles. The lowest BCUT2D eigenvalue weighted by Gasteiger charge is -2.32. The maximum atomic E-state index is 12.5. The maximum absolute atomic E-state index is 12.5. The average molecular weight is 413 g/mol. The number of fused-ring (bicyclic) bond motifs is 1. The number of carbonyl (C=O) groups excluding carboxylic acids is 3. The Morgan fingerprint density at radius 3 is 2.55 bits per heavy atom. The number of halogens is 1. The van der Waals surface area contributed by atoms with E-state index in [1.54, 1.807) is 30.5 Å². The fraction of sp³-hybridized carbons (Fsp3) is 0.227. The zero-order valence-electron chi connectivity index (χ0n) is 16.1. The number of benzene rings is 2. The summed E-state index contributed by atoms with van der Waals surface area (Å²) in [5.74, 6) is -1.25. The van der Waals surface area contributed by atoms with E-state index in [0.29, 0.717) is 10.7 Å². The van der Waals surface area contributed by atoms with Crippen molar-refractivity contribution in [2.45, 2.75) is 32.4 Å². The molecule has 0 unspecified atom stereocenters. The minimum atomic E-state index is -1.01. The lowest BCUT2D eigenvalue weighted by molar-refractivity contribution is -0.154. The second-order valence-electron chi connectivity index (χ2n) is 6.69. The van der Waals surface area contributed by atoms with Crippen LogP contribution in [0.3, 0.4) is 0 Å². The first-order valence-electron chi connectivity index (χ1n) is 9.17. The molecule has 2 amide bonds. The first kappa shape index (κ1) is 20.6. The van der Waals surface area contributed by atoms with Crippen LogP contribution in [0.4, 0.5) is 5.69 Å². The zero-order valence-corrected chi connectivity index (χ0v) is 16.8. The molecule has 1 aliphatic rings. The zero-order chi connectivity index (χ0) is 21.0. The van der Waals surface area contributed by atoms with Crippen LogP contribution in [0.2, 0.25) is 5.02 Å². The number of nitrogens with one attached hydrogen (secondary N) is 1. The number of hydrogen-bond donors (Lipinski definition) is 1. The van der Waals surface area contributed by atoms with Gasteiger partial charge in [-0.05, 0) is 36.3 Å². The van der Waals surface area contributed by atoms with E-state index in [2.05, 4.69) is 5.32 Å². The molecule has 0 aromatic heterocycles. The first-order chi connectivity index (χ1) is 13.9. The van der Waals surface area contributed by atoms with E-state index < -0.39 is 24.0 Å². The fourth-order valence-corrected chi connectivity index (χ4v) is 3.35. The minimum absolute atomic E-state index is 0.0648. The number of hydrogen-bond acceptors (Lipinski definition) is 4. The molecular weight excluding hydrogens is 392 g/mol. The van der Waals surface area contributed by atoms with Gasteiger partial charge in [0, 0.05) is 13.1 Å². The van der Waals surface area contributed by atoms with Crippen LogP contribution in [-0.2, 0) is 19.1 Å². The number of carbonyl (C=O) groups is 3. The molecule has 1 aliphatic heterocycles. The van der Waals surface area contributed by atoms with Crippen LogP contribution in [0.25, 0.3) is 6.08 Å². The molecule has 150 valence electrons. The average Bonchev–Trinajstić information content (AvgIpc) is 2.69. The fourth-order valence-electron chi connectivity index (χ4n) is 3.17. The smallest absolute Gasteiger partial charge is 0.309 e. The van der Waals surface area contributed by atoms with E-state index in [4.69, 9.17) is 16.3 Å². The lowest BCUT2D eigenvalue weighted by Crippen LogP contribution is -2.35. The van der Waals surface area contributed by atoms with Gasteiger partial charge in [-0.2, -0.15) is 0 Å². The molecule has 7 heteroatoms. The Kier molecular flexibility index (Phi) is 6.34. The van der Waals surface area contributed by atoms with Crippen molar-refractivity contribution in [1.82, 2.24) is 4.90 Å². The van der Waals surface area contributed by atoms with Crippen molar-refractivity contribution in [3.05, 3.63) is 70.9 Å². The van der Waals surface area contributed by atoms with Gasteiger partial charge in [-0.25, -0.2) is 0 Å². The molecule has 29 heavy (non-hydrogen) atoms. The van der Waals surface area contributed by atoms with Gasteiger partial charge in [-0.15, -0.1) is 0 Å². The summed E-state index contributed by atoms with van der Waals surface area (Å²) in [5.41, 5.74) is 2.23. The number of para-hydroxylation sites is 1. The monoisotopic (exact) mass is 412 g/mol. The molecular formula is C22H21ClN2O4. The number of rotatable bonds is 5. The largest absolute Gasteiger partial charge is 0.452 e.